The number of ether oxygens (including phenoxy) is 2. The minimum absolute atomic E-state index is 0.0758. The number of aliphatic hydroxyl groups excluding tert-OH is 1. The van der Waals surface area contributed by atoms with E-state index < -0.39 is 35.1 Å². The third-order valence-electron chi connectivity index (χ3n) is 8.93. The van der Waals surface area contributed by atoms with Crippen LogP contribution in [0.15, 0.2) is 48.6 Å². The molecule has 7 atom stereocenters. The van der Waals surface area contributed by atoms with Gasteiger partial charge in [-0.3, -0.25) is 14.4 Å². The average molecular weight is 524 g/mol. The van der Waals surface area contributed by atoms with Crippen LogP contribution in [-0.2, 0) is 19.1 Å². The van der Waals surface area contributed by atoms with Gasteiger partial charge in [-0.1, -0.05) is 44.6 Å². The van der Waals surface area contributed by atoms with Gasteiger partial charge >= 0.3 is 0 Å². The summed E-state index contributed by atoms with van der Waals surface area (Å²) in [6.07, 6.45) is 8.14. The minimum Gasteiger partial charge on any atom is -0.497 e. The summed E-state index contributed by atoms with van der Waals surface area (Å²) in [6.45, 7) is 6.18. The molecule has 9 heteroatoms. The highest BCUT2D eigenvalue weighted by atomic mass is 16.5. The number of anilines is 1. The minimum atomic E-state index is -1.35. The van der Waals surface area contributed by atoms with E-state index in [0.29, 0.717) is 24.4 Å². The zero-order chi connectivity index (χ0) is 27.4. The Morgan fingerprint density at radius 2 is 1.74 bits per heavy atom. The maximum absolute atomic E-state index is 14.5. The molecule has 4 heterocycles. The van der Waals surface area contributed by atoms with Gasteiger partial charge in [-0.25, -0.2) is 0 Å². The highest BCUT2D eigenvalue weighted by Gasteiger charge is 2.75. The number of fused-ring (bicyclic) bond motifs is 2. The monoisotopic (exact) mass is 523 g/mol. The summed E-state index contributed by atoms with van der Waals surface area (Å²) in [7, 11) is 3.30. The first-order valence-corrected chi connectivity index (χ1v) is 13.3. The zero-order valence-corrected chi connectivity index (χ0v) is 22.7. The maximum atomic E-state index is 14.5. The number of methoxy groups -OCH3 is 1. The van der Waals surface area contributed by atoms with Crippen molar-refractivity contribution in [2.24, 2.45) is 17.8 Å². The smallest absolute Gasteiger partial charge is 0.253 e. The average Bonchev–Trinajstić information content (AvgIpc) is 3.19. The van der Waals surface area contributed by atoms with E-state index >= 15 is 0 Å². The van der Waals surface area contributed by atoms with E-state index in [1.54, 1.807) is 48.2 Å². The molecule has 1 spiro atoms. The van der Waals surface area contributed by atoms with Crippen LogP contribution in [0.5, 0.6) is 5.75 Å². The molecule has 5 rings (SSSR count). The van der Waals surface area contributed by atoms with E-state index in [-0.39, 0.29) is 36.8 Å². The summed E-state index contributed by atoms with van der Waals surface area (Å²) >= 11 is 0. The Balaban J connectivity index is 1.68. The van der Waals surface area contributed by atoms with Crippen LogP contribution in [0.4, 0.5) is 5.69 Å². The molecule has 1 N–H and O–H groups in total. The van der Waals surface area contributed by atoms with Crippen molar-refractivity contribution in [2.45, 2.75) is 50.5 Å². The lowest BCUT2D eigenvalue weighted by atomic mass is 9.74. The molecule has 2 fully saturated rings. The number of likely N-dealkylation sites (N-methyl/N-ethyl adjacent to an activating group) is 1. The lowest BCUT2D eigenvalue weighted by Gasteiger charge is -2.41. The Hall–Kier alpha value is -3.17. The van der Waals surface area contributed by atoms with Gasteiger partial charge < -0.3 is 29.3 Å². The first kappa shape index (κ1) is 26.4. The van der Waals surface area contributed by atoms with Gasteiger partial charge in [0.2, 0.25) is 11.8 Å². The predicted octanol–water partition coefficient (Wildman–Crippen LogP) is 2.00. The van der Waals surface area contributed by atoms with Crippen LogP contribution in [0.2, 0.25) is 0 Å². The van der Waals surface area contributed by atoms with Crippen molar-refractivity contribution < 1.29 is 29.0 Å². The van der Waals surface area contributed by atoms with Gasteiger partial charge in [-0.15, -0.1) is 0 Å². The van der Waals surface area contributed by atoms with Gasteiger partial charge in [-0.05, 0) is 37.1 Å². The molecule has 3 amide bonds. The number of rotatable bonds is 6. The van der Waals surface area contributed by atoms with E-state index in [2.05, 4.69) is 0 Å². The van der Waals surface area contributed by atoms with Crippen molar-refractivity contribution in [2.75, 3.05) is 38.8 Å². The van der Waals surface area contributed by atoms with E-state index in [0.717, 1.165) is 0 Å². The summed E-state index contributed by atoms with van der Waals surface area (Å²) in [6, 6.07) is 5.54. The molecule has 0 radical (unpaired) electrons. The maximum Gasteiger partial charge on any atom is 0.253 e. The molecule has 204 valence electrons. The number of amides is 3. The molecule has 4 aliphatic rings. The molecule has 9 nitrogen and oxygen atoms in total. The van der Waals surface area contributed by atoms with Gasteiger partial charge in [0, 0.05) is 25.8 Å². The fraction of sp³-hybridized carbons (Fsp3) is 0.552. The summed E-state index contributed by atoms with van der Waals surface area (Å²) in [5.41, 5.74) is -1.75. The van der Waals surface area contributed by atoms with Crippen molar-refractivity contribution in [1.82, 2.24) is 9.80 Å². The third-order valence-corrected chi connectivity index (χ3v) is 8.93. The molecule has 0 saturated carbocycles. The third kappa shape index (κ3) is 3.70. The van der Waals surface area contributed by atoms with Gasteiger partial charge in [0.15, 0.2) is 0 Å². The molecular weight excluding hydrogens is 486 g/mol. The van der Waals surface area contributed by atoms with Crippen LogP contribution in [0.3, 0.4) is 0 Å². The lowest BCUT2D eigenvalue weighted by molar-refractivity contribution is -0.152. The Morgan fingerprint density at radius 3 is 2.37 bits per heavy atom. The van der Waals surface area contributed by atoms with Crippen LogP contribution in [-0.4, -0.2) is 89.8 Å². The number of likely N-dealkylation sites (tertiary alicyclic amines) is 1. The van der Waals surface area contributed by atoms with E-state index in [9.17, 15) is 19.5 Å². The zero-order valence-electron chi connectivity index (χ0n) is 22.7. The summed E-state index contributed by atoms with van der Waals surface area (Å²) in [5, 5.41) is 10.5. The van der Waals surface area contributed by atoms with Crippen molar-refractivity contribution in [1.29, 1.82) is 0 Å². The Kier molecular flexibility index (Phi) is 6.64. The molecule has 38 heavy (non-hydrogen) atoms. The Labute approximate surface area is 223 Å². The SMILES string of the molecule is CC[C@H](C)[C@H](CO)N1C(=O)[C@@H]2[C@@H]3C(=O)N(C)CC=C[C@]3(C)O[C@@]23C=CCN(c2ccc(OC)cc2)C(=O)C13. The number of carbonyl (C=O) groups is 3. The second-order valence-corrected chi connectivity index (χ2v) is 11.0. The molecule has 1 unspecified atom stereocenters. The molecular formula is C29H37N3O6. The van der Waals surface area contributed by atoms with Gasteiger partial charge in [0.05, 0.1) is 37.2 Å². The number of aliphatic hydroxyl groups is 1. The molecule has 2 saturated heterocycles. The van der Waals surface area contributed by atoms with Crippen molar-refractivity contribution in [3.05, 3.63) is 48.6 Å². The molecule has 1 aromatic rings. The summed E-state index contributed by atoms with van der Waals surface area (Å²) in [4.78, 5) is 47.4. The highest BCUT2D eigenvalue weighted by molar-refractivity contribution is 6.06. The summed E-state index contributed by atoms with van der Waals surface area (Å²) in [5.74, 6) is -1.92. The molecule has 0 aromatic heterocycles. The first-order chi connectivity index (χ1) is 18.1. The van der Waals surface area contributed by atoms with E-state index in [4.69, 9.17) is 9.47 Å². The quantitative estimate of drug-likeness (QED) is 0.573. The number of benzene rings is 1. The Morgan fingerprint density at radius 1 is 1.05 bits per heavy atom. The normalized spacial score (nSPS) is 34.0. The highest BCUT2D eigenvalue weighted by Crippen LogP contribution is 2.58. The molecule has 1 aromatic carbocycles. The van der Waals surface area contributed by atoms with Crippen LogP contribution in [0, 0.1) is 17.8 Å². The van der Waals surface area contributed by atoms with Crippen molar-refractivity contribution in [3.63, 3.8) is 0 Å². The number of hydrogen-bond donors (Lipinski definition) is 1. The lowest BCUT2D eigenvalue weighted by Crippen LogP contribution is -2.60. The van der Waals surface area contributed by atoms with Crippen molar-refractivity contribution in [3.8, 4) is 5.75 Å². The fourth-order valence-corrected chi connectivity index (χ4v) is 6.75. The second kappa shape index (κ2) is 9.54. The van der Waals surface area contributed by atoms with Gasteiger partial charge in [0.1, 0.15) is 17.4 Å². The van der Waals surface area contributed by atoms with Crippen LogP contribution in [0.25, 0.3) is 0 Å². The predicted molar refractivity (Wildman–Crippen MR) is 141 cm³/mol. The van der Waals surface area contributed by atoms with E-state index in [1.165, 1.54) is 4.90 Å². The largest absolute Gasteiger partial charge is 0.497 e. The molecule has 0 aliphatic carbocycles. The first-order valence-electron chi connectivity index (χ1n) is 13.3. The van der Waals surface area contributed by atoms with Gasteiger partial charge in [-0.2, -0.15) is 0 Å². The van der Waals surface area contributed by atoms with E-state index in [1.807, 2.05) is 45.1 Å². The number of nitrogens with zero attached hydrogens (tertiary/aromatic N) is 3. The van der Waals surface area contributed by atoms with Gasteiger partial charge in [0.25, 0.3) is 5.91 Å². The second-order valence-electron chi connectivity index (χ2n) is 11.0. The number of hydrogen-bond acceptors (Lipinski definition) is 6. The molecule has 0 bridgehead atoms. The molecule has 4 aliphatic heterocycles. The van der Waals surface area contributed by atoms with Crippen LogP contribution < -0.4 is 9.64 Å². The standard InChI is InChI=1S/C29H37N3O6/c1-6-18(2)21(17-33)32-24-27(36)31(19-9-11-20(37-5)12-10-19)16-8-14-29(24)23(26(32)35)22-25(34)30(4)15-7-13-28(22,3)38-29/h7-14,18,21-24,33H,6,15-17H2,1-5H3/t18-,21-,22+,23-,24?,28-,29-/m0/s1. The number of carbonyl (C=O) groups excluding carboxylic acids is 3. The topological polar surface area (TPSA) is 99.6 Å². The summed E-state index contributed by atoms with van der Waals surface area (Å²) < 4.78 is 12.1. The van der Waals surface area contributed by atoms with Crippen molar-refractivity contribution >= 4 is 23.4 Å². The Bertz CT molecular complexity index is 1180. The van der Waals surface area contributed by atoms with Crippen LogP contribution >= 0.6 is 0 Å². The van der Waals surface area contributed by atoms with Crippen LogP contribution in [0.1, 0.15) is 27.2 Å². The fourth-order valence-electron chi connectivity index (χ4n) is 6.75.